The SMILES string of the molecule is CN(C)C(=O)N=C(c1ccccc1)N1CCN(C(=O)C(=O)c2c[nH]c3cccc(F)c23)CC1. The maximum absolute atomic E-state index is 14.3. The van der Waals surface area contributed by atoms with E-state index in [2.05, 4.69) is 9.98 Å². The number of aliphatic imine (C=N–C) groups is 1. The lowest BCUT2D eigenvalue weighted by Crippen LogP contribution is -2.52. The summed E-state index contributed by atoms with van der Waals surface area (Å²) in [5, 5.41) is 0.121. The van der Waals surface area contributed by atoms with Crippen LogP contribution in [0, 0.1) is 5.82 Å². The monoisotopic (exact) mass is 449 g/mol. The summed E-state index contributed by atoms with van der Waals surface area (Å²) in [6.07, 6.45) is 1.37. The van der Waals surface area contributed by atoms with Gasteiger partial charge in [-0.05, 0) is 12.1 Å². The molecule has 0 unspecified atom stereocenters. The molecule has 3 amide bonds. The number of carbonyl (C=O) groups excluding carboxylic acids is 3. The van der Waals surface area contributed by atoms with Crippen LogP contribution in [0.3, 0.4) is 0 Å². The van der Waals surface area contributed by atoms with E-state index in [1.54, 1.807) is 20.2 Å². The second-order valence-electron chi connectivity index (χ2n) is 7.95. The van der Waals surface area contributed by atoms with Gasteiger partial charge in [0, 0.05) is 62.9 Å². The molecule has 0 radical (unpaired) electrons. The van der Waals surface area contributed by atoms with Crippen LogP contribution in [0.4, 0.5) is 9.18 Å². The molecule has 1 N–H and O–H groups in total. The van der Waals surface area contributed by atoms with Crippen molar-refractivity contribution in [3.05, 3.63) is 71.7 Å². The van der Waals surface area contributed by atoms with Gasteiger partial charge in [0.1, 0.15) is 11.7 Å². The number of hydrogen-bond acceptors (Lipinski definition) is 3. The number of urea groups is 1. The number of aromatic nitrogens is 1. The molecule has 1 aromatic heterocycles. The van der Waals surface area contributed by atoms with Gasteiger partial charge < -0.3 is 19.7 Å². The summed E-state index contributed by atoms with van der Waals surface area (Å²) in [5.41, 5.74) is 1.28. The largest absolute Gasteiger partial charge is 0.360 e. The molecule has 4 rings (SSSR count). The van der Waals surface area contributed by atoms with Crippen molar-refractivity contribution in [1.29, 1.82) is 0 Å². The molecule has 1 fully saturated rings. The van der Waals surface area contributed by atoms with E-state index >= 15 is 0 Å². The maximum Gasteiger partial charge on any atom is 0.344 e. The number of carbonyl (C=O) groups is 3. The Morgan fingerprint density at radius 1 is 0.939 bits per heavy atom. The number of benzene rings is 2. The fourth-order valence-electron chi connectivity index (χ4n) is 3.80. The second-order valence-corrected chi connectivity index (χ2v) is 7.95. The number of H-pyrrole nitrogens is 1. The molecule has 1 saturated heterocycles. The van der Waals surface area contributed by atoms with Crippen LogP contribution in [0.25, 0.3) is 10.9 Å². The standard InChI is InChI=1S/C24H24FN5O3/c1-28(2)24(33)27-22(16-7-4-3-5-8-16)29-11-13-30(14-12-29)23(32)21(31)17-15-26-19-10-6-9-18(25)20(17)19/h3-10,15,26H,11-14H2,1-2H3. The average Bonchev–Trinajstić information content (AvgIpc) is 3.27. The third kappa shape index (κ3) is 4.48. The first-order valence-electron chi connectivity index (χ1n) is 10.6. The van der Waals surface area contributed by atoms with Gasteiger partial charge >= 0.3 is 6.03 Å². The van der Waals surface area contributed by atoms with Crippen LogP contribution in [0.2, 0.25) is 0 Å². The number of nitrogens with one attached hydrogen (secondary N) is 1. The van der Waals surface area contributed by atoms with Gasteiger partial charge in [-0.2, -0.15) is 4.99 Å². The highest BCUT2D eigenvalue weighted by molar-refractivity contribution is 6.44. The number of piperazine rings is 1. The number of hydrogen-bond donors (Lipinski definition) is 1. The third-order valence-corrected chi connectivity index (χ3v) is 5.58. The Labute approximate surface area is 190 Å². The molecular weight excluding hydrogens is 425 g/mol. The fourth-order valence-corrected chi connectivity index (χ4v) is 3.80. The number of aromatic amines is 1. The molecule has 3 aromatic rings. The Balaban J connectivity index is 1.50. The van der Waals surface area contributed by atoms with E-state index in [-0.39, 0.29) is 30.1 Å². The molecule has 0 spiro atoms. The zero-order chi connectivity index (χ0) is 23.5. The minimum absolute atomic E-state index is 0.0265. The lowest BCUT2D eigenvalue weighted by atomic mass is 10.1. The third-order valence-electron chi connectivity index (χ3n) is 5.58. The summed E-state index contributed by atoms with van der Waals surface area (Å²) in [6.45, 7) is 1.35. The van der Waals surface area contributed by atoms with Crippen molar-refractivity contribution in [2.45, 2.75) is 0 Å². The summed E-state index contributed by atoms with van der Waals surface area (Å²) in [4.78, 5) is 49.9. The Bertz CT molecular complexity index is 1230. The number of halogens is 1. The number of ketones is 1. The van der Waals surface area contributed by atoms with Crippen LogP contribution in [-0.2, 0) is 4.79 Å². The molecule has 8 nitrogen and oxygen atoms in total. The first-order chi connectivity index (χ1) is 15.9. The van der Waals surface area contributed by atoms with Crippen LogP contribution >= 0.6 is 0 Å². The molecule has 0 bridgehead atoms. The topological polar surface area (TPSA) is 89.1 Å². The van der Waals surface area contributed by atoms with E-state index in [1.807, 2.05) is 35.2 Å². The van der Waals surface area contributed by atoms with Gasteiger partial charge in [-0.25, -0.2) is 9.18 Å². The van der Waals surface area contributed by atoms with Crippen molar-refractivity contribution in [3.63, 3.8) is 0 Å². The number of Topliss-reactive ketones (excluding diaryl/α,β-unsaturated/α-hetero) is 1. The normalized spacial score (nSPS) is 14.5. The van der Waals surface area contributed by atoms with Crippen molar-refractivity contribution in [2.75, 3.05) is 40.3 Å². The van der Waals surface area contributed by atoms with E-state index in [9.17, 15) is 18.8 Å². The van der Waals surface area contributed by atoms with Crippen LogP contribution in [0.1, 0.15) is 15.9 Å². The highest BCUT2D eigenvalue weighted by Gasteiger charge is 2.30. The van der Waals surface area contributed by atoms with Gasteiger partial charge in [0.05, 0.1) is 5.56 Å². The Hall–Kier alpha value is -4.01. The Kier molecular flexibility index (Phi) is 6.21. The predicted molar refractivity (Wildman–Crippen MR) is 123 cm³/mol. The Morgan fingerprint density at radius 3 is 2.27 bits per heavy atom. The average molecular weight is 449 g/mol. The van der Waals surface area contributed by atoms with Crippen LogP contribution < -0.4 is 0 Å². The van der Waals surface area contributed by atoms with Gasteiger partial charge in [0.25, 0.3) is 11.7 Å². The van der Waals surface area contributed by atoms with E-state index in [0.29, 0.717) is 24.4 Å². The smallest absolute Gasteiger partial charge is 0.344 e. The van der Waals surface area contributed by atoms with Gasteiger partial charge in [-0.15, -0.1) is 0 Å². The summed E-state index contributed by atoms with van der Waals surface area (Å²) in [6, 6.07) is 13.4. The van der Waals surface area contributed by atoms with Gasteiger partial charge in [-0.3, -0.25) is 9.59 Å². The van der Waals surface area contributed by atoms with Crippen LogP contribution in [0.5, 0.6) is 0 Å². The number of fused-ring (bicyclic) bond motifs is 1. The lowest BCUT2D eigenvalue weighted by molar-refractivity contribution is -0.127. The first-order valence-corrected chi connectivity index (χ1v) is 10.6. The first kappa shape index (κ1) is 22.2. The molecule has 9 heteroatoms. The molecule has 33 heavy (non-hydrogen) atoms. The molecular formula is C24H24FN5O3. The second kappa shape index (κ2) is 9.23. The van der Waals surface area contributed by atoms with Crippen molar-refractivity contribution < 1.29 is 18.8 Å². The molecule has 1 aliphatic heterocycles. The molecule has 2 heterocycles. The summed E-state index contributed by atoms with van der Waals surface area (Å²) in [5.74, 6) is -1.46. The minimum Gasteiger partial charge on any atom is -0.360 e. The number of rotatable bonds is 3. The number of amides is 3. The van der Waals surface area contributed by atoms with Gasteiger partial charge in [0.2, 0.25) is 0 Å². The van der Waals surface area contributed by atoms with Crippen molar-refractivity contribution in [3.8, 4) is 0 Å². The zero-order valence-corrected chi connectivity index (χ0v) is 18.4. The molecule has 0 saturated carbocycles. The fraction of sp³-hybridized carbons (Fsp3) is 0.250. The summed E-state index contributed by atoms with van der Waals surface area (Å²) < 4.78 is 14.3. The summed E-state index contributed by atoms with van der Waals surface area (Å²) in [7, 11) is 3.26. The summed E-state index contributed by atoms with van der Waals surface area (Å²) >= 11 is 0. The van der Waals surface area contributed by atoms with Crippen molar-refractivity contribution in [1.82, 2.24) is 19.7 Å². The van der Waals surface area contributed by atoms with E-state index in [0.717, 1.165) is 5.56 Å². The Morgan fingerprint density at radius 2 is 1.61 bits per heavy atom. The van der Waals surface area contributed by atoms with E-state index in [1.165, 1.54) is 28.1 Å². The molecule has 0 atom stereocenters. The van der Waals surface area contributed by atoms with Crippen molar-refractivity contribution >= 4 is 34.5 Å². The number of nitrogens with zero attached hydrogens (tertiary/aromatic N) is 4. The molecule has 170 valence electrons. The zero-order valence-electron chi connectivity index (χ0n) is 18.4. The van der Waals surface area contributed by atoms with Crippen molar-refractivity contribution in [2.24, 2.45) is 4.99 Å². The quantitative estimate of drug-likeness (QED) is 0.288. The highest BCUT2D eigenvalue weighted by atomic mass is 19.1. The lowest BCUT2D eigenvalue weighted by Gasteiger charge is -2.36. The number of amidine groups is 1. The van der Waals surface area contributed by atoms with E-state index in [4.69, 9.17) is 0 Å². The minimum atomic E-state index is -0.750. The highest BCUT2D eigenvalue weighted by Crippen LogP contribution is 2.23. The maximum atomic E-state index is 14.3. The van der Waals surface area contributed by atoms with Crippen LogP contribution in [0.15, 0.2) is 59.7 Å². The van der Waals surface area contributed by atoms with Gasteiger partial charge in [0.15, 0.2) is 0 Å². The molecule has 0 aliphatic carbocycles. The van der Waals surface area contributed by atoms with Gasteiger partial charge in [-0.1, -0.05) is 36.4 Å². The van der Waals surface area contributed by atoms with E-state index < -0.39 is 17.5 Å². The molecule has 1 aliphatic rings. The molecule has 2 aromatic carbocycles. The predicted octanol–water partition coefficient (Wildman–Crippen LogP) is 2.76. The van der Waals surface area contributed by atoms with Crippen LogP contribution in [-0.4, -0.2) is 83.5 Å².